The Labute approximate surface area is 169 Å². The highest BCUT2D eigenvalue weighted by Crippen LogP contribution is 2.20. The fourth-order valence-corrected chi connectivity index (χ4v) is 2.74. The number of ether oxygens (including phenoxy) is 1. The predicted octanol–water partition coefficient (Wildman–Crippen LogP) is 0.0404. The molecule has 12 nitrogen and oxygen atoms in total. The lowest BCUT2D eigenvalue weighted by atomic mass is 10.1. The number of hydrogen-bond acceptors (Lipinski definition) is 8. The first-order valence-electron chi connectivity index (χ1n) is 8.86. The van der Waals surface area contributed by atoms with Crippen molar-refractivity contribution in [2.75, 3.05) is 6.73 Å². The smallest absolute Gasteiger partial charge is 0.423 e. The molecule has 30 heavy (non-hydrogen) atoms. The van der Waals surface area contributed by atoms with Crippen molar-refractivity contribution in [1.29, 1.82) is 5.41 Å². The van der Waals surface area contributed by atoms with Crippen molar-refractivity contribution >= 4 is 34.8 Å². The number of hydrogen-bond donors (Lipinski definition) is 4. The summed E-state index contributed by atoms with van der Waals surface area (Å²) in [6, 6.07) is 6.19. The molecule has 0 unspecified atom stereocenters. The Balaban J connectivity index is 1.67. The highest BCUT2D eigenvalue weighted by Gasteiger charge is 2.32. The van der Waals surface area contributed by atoms with E-state index in [2.05, 4.69) is 10.6 Å². The van der Waals surface area contributed by atoms with Gasteiger partial charge in [0, 0.05) is 30.8 Å². The Bertz CT molecular complexity index is 1050. The maximum atomic E-state index is 11.9. The number of guanidine groups is 1. The summed E-state index contributed by atoms with van der Waals surface area (Å²) in [5.74, 6) is -1.38. The molecule has 1 aromatic heterocycles. The molecule has 1 fully saturated rings. The molecule has 0 saturated carbocycles. The number of carbonyl (C=O) groups is 3. The number of nitrogens with one attached hydrogen (secondary N) is 3. The zero-order valence-corrected chi connectivity index (χ0v) is 15.7. The summed E-state index contributed by atoms with van der Waals surface area (Å²) in [6.07, 6.45) is -0.930. The van der Waals surface area contributed by atoms with Crippen LogP contribution in [0.4, 0.5) is 4.79 Å². The number of rotatable bonds is 7. The Kier molecular flexibility index (Phi) is 6.27. The van der Waals surface area contributed by atoms with Gasteiger partial charge in [-0.05, 0) is 23.3 Å². The van der Waals surface area contributed by atoms with Crippen LogP contribution in [0.25, 0.3) is 11.0 Å². The van der Waals surface area contributed by atoms with Gasteiger partial charge in [0.25, 0.3) is 11.8 Å². The minimum atomic E-state index is -0.947. The minimum Gasteiger partial charge on any atom is -0.423 e. The molecular weight excluding hydrogens is 398 g/mol. The first-order valence-corrected chi connectivity index (χ1v) is 8.86. The Morgan fingerprint density at radius 1 is 1.17 bits per heavy atom. The number of hydroxylamine groups is 2. The lowest BCUT2D eigenvalue weighted by Gasteiger charge is -2.13. The second-order valence-electron chi connectivity index (χ2n) is 6.32. The zero-order valence-electron chi connectivity index (χ0n) is 15.7. The molecule has 0 aliphatic carbocycles. The molecule has 1 aliphatic rings. The molecule has 0 radical (unpaired) electrons. The first-order chi connectivity index (χ1) is 14.3. The van der Waals surface area contributed by atoms with Gasteiger partial charge in [0.05, 0.1) is 6.61 Å². The minimum absolute atomic E-state index is 0.00871. The Morgan fingerprint density at radius 2 is 1.90 bits per heavy atom. The van der Waals surface area contributed by atoms with Crippen LogP contribution in [-0.4, -0.2) is 35.7 Å². The summed E-state index contributed by atoms with van der Waals surface area (Å²) in [6.45, 7) is 0.0783. The second kappa shape index (κ2) is 9.05. The molecule has 3 amide bonds. The second-order valence-corrected chi connectivity index (χ2v) is 6.32. The van der Waals surface area contributed by atoms with E-state index >= 15 is 0 Å². The van der Waals surface area contributed by atoms with Gasteiger partial charge in [-0.15, -0.1) is 5.06 Å². The van der Waals surface area contributed by atoms with Crippen LogP contribution in [0.5, 0.6) is 0 Å². The average molecular weight is 417 g/mol. The van der Waals surface area contributed by atoms with Crippen molar-refractivity contribution in [3.63, 3.8) is 0 Å². The first kappa shape index (κ1) is 20.8. The van der Waals surface area contributed by atoms with Crippen molar-refractivity contribution in [3.8, 4) is 0 Å². The molecule has 0 atom stereocenters. The third-order valence-electron chi connectivity index (χ3n) is 4.13. The summed E-state index contributed by atoms with van der Waals surface area (Å²) < 4.78 is 10.5. The molecule has 2 aromatic rings. The Hall–Kier alpha value is -3.93. The van der Waals surface area contributed by atoms with Gasteiger partial charge in [-0.2, -0.15) is 0 Å². The van der Waals surface area contributed by atoms with E-state index in [4.69, 9.17) is 25.1 Å². The fraction of sp³-hybridized carbons (Fsp3) is 0.278. The number of benzene rings is 1. The van der Waals surface area contributed by atoms with E-state index in [1.165, 1.54) is 6.07 Å². The van der Waals surface area contributed by atoms with E-state index in [0.29, 0.717) is 27.2 Å². The molecule has 5 N–H and O–H groups in total. The number of nitrogens with two attached hydrogens (primary N) is 1. The molecule has 1 aromatic carbocycles. The van der Waals surface area contributed by atoms with Crippen LogP contribution in [0.3, 0.4) is 0 Å². The van der Waals surface area contributed by atoms with Gasteiger partial charge >= 0.3 is 11.7 Å². The molecule has 0 bridgehead atoms. The third-order valence-corrected chi connectivity index (χ3v) is 4.13. The largest absolute Gasteiger partial charge is 0.432 e. The van der Waals surface area contributed by atoms with Crippen LogP contribution in [0.2, 0.25) is 0 Å². The topological polar surface area (TPSA) is 177 Å². The average Bonchev–Trinajstić information content (AvgIpc) is 3.01. The monoisotopic (exact) mass is 417 g/mol. The summed E-state index contributed by atoms with van der Waals surface area (Å²) in [4.78, 5) is 51.3. The molecule has 0 spiro atoms. The van der Waals surface area contributed by atoms with Crippen molar-refractivity contribution in [2.24, 2.45) is 5.73 Å². The van der Waals surface area contributed by atoms with Gasteiger partial charge in [-0.25, -0.2) is 9.59 Å². The van der Waals surface area contributed by atoms with Gasteiger partial charge in [0.15, 0.2) is 5.96 Å². The summed E-state index contributed by atoms with van der Waals surface area (Å²) >= 11 is 0. The predicted molar refractivity (Wildman–Crippen MR) is 102 cm³/mol. The molecule has 1 saturated heterocycles. The van der Waals surface area contributed by atoms with E-state index in [1.54, 1.807) is 18.2 Å². The van der Waals surface area contributed by atoms with E-state index < -0.39 is 23.5 Å². The van der Waals surface area contributed by atoms with Crippen LogP contribution < -0.4 is 22.0 Å². The van der Waals surface area contributed by atoms with Gasteiger partial charge in [-0.1, -0.05) is 6.07 Å². The molecule has 2 heterocycles. The molecule has 12 heteroatoms. The van der Waals surface area contributed by atoms with E-state index in [0.717, 1.165) is 0 Å². The summed E-state index contributed by atoms with van der Waals surface area (Å²) in [5, 5.41) is 13.1. The van der Waals surface area contributed by atoms with Gasteiger partial charge in [0.2, 0.25) is 0 Å². The molecule has 158 valence electrons. The summed E-state index contributed by atoms with van der Waals surface area (Å²) in [5.41, 5.74) is 6.15. The number of amides is 3. The van der Waals surface area contributed by atoms with E-state index in [-0.39, 0.29) is 38.7 Å². The Morgan fingerprint density at radius 3 is 2.60 bits per heavy atom. The van der Waals surface area contributed by atoms with Crippen LogP contribution in [0.15, 0.2) is 33.5 Å². The third kappa shape index (κ3) is 5.11. The lowest BCUT2D eigenvalue weighted by Crippen LogP contribution is -2.36. The van der Waals surface area contributed by atoms with Crippen LogP contribution in [-0.2, 0) is 32.3 Å². The maximum absolute atomic E-state index is 11.9. The number of imide groups is 1. The highest BCUT2D eigenvalue weighted by molar-refractivity contribution is 6.01. The van der Waals surface area contributed by atoms with Crippen molar-refractivity contribution in [1.82, 2.24) is 15.7 Å². The van der Waals surface area contributed by atoms with Crippen LogP contribution >= 0.6 is 0 Å². The number of nitrogens with zero attached hydrogens (tertiary/aromatic N) is 1. The van der Waals surface area contributed by atoms with Gasteiger partial charge in [0.1, 0.15) is 12.3 Å². The lowest BCUT2D eigenvalue weighted by molar-refractivity contribution is -0.171. The fourth-order valence-electron chi connectivity index (χ4n) is 2.74. The summed E-state index contributed by atoms with van der Waals surface area (Å²) in [7, 11) is 0. The van der Waals surface area contributed by atoms with Crippen molar-refractivity contribution in [2.45, 2.75) is 26.0 Å². The standard InChI is InChI=1S/C18H19N5O7/c19-17(20)22-9-28-8-11-6-16(26)29-13-2-1-10(5-12(11)13)7-21-18(27)30-23-14(24)3-4-15(23)25/h1-2,5-6H,3-4,7-9H2,(H,21,27)(H4,19,20,22). The van der Waals surface area contributed by atoms with Crippen molar-refractivity contribution in [3.05, 3.63) is 45.8 Å². The molecule has 3 rings (SSSR count). The molecular formula is C18H19N5O7. The highest BCUT2D eigenvalue weighted by atomic mass is 16.7. The van der Waals surface area contributed by atoms with Crippen LogP contribution in [0.1, 0.15) is 24.0 Å². The van der Waals surface area contributed by atoms with E-state index in [9.17, 15) is 19.2 Å². The van der Waals surface area contributed by atoms with Crippen LogP contribution in [0, 0.1) is 5.41 Å². The normalized spacial score (nSPS) is 13.5. The number of carbonyl (C=O) groups excluding carboxylic acids is 3. The SMILES string of the molecule is N=C(N)NCOCc1cc(=O)oc2ccc(CNC(=O)ON3C(=O)CCC3=O)cc12. The number of fused-ring (bicyclic) bond motifs is 1. The van der Waals surface area contributed by atoms with Gasteiger partial charge < -0.3 is 30.4 Å². The quantitative estimate of drug-likeness (QED) is 0.121. The van der Waals surface area contributed by atoms with E-state index in [1.807, 2.05) is 0 Å². The van der Waals surface area contributed by atoms with Gasteiger partial charge in [-0.3, -0.25) is 15.0 Å². The zero-order chi connectivity index (χ0) is 21.7. The maximum Gasteiger partial charge on any atom is 0.432 e. The molecule has 1 aliphatic heterocycles. The van der Waals surface area contributed by atoms with Crippen molar-refractivity contribution < 1.29 is 28.4 Å².